The molecule has 0 bridgehead atoms. The molecule has 0 saturated heterocycles. The van der Waals surface area contributed by atoms with E-state index < -0.39 is 35.4 Å². The minimum absolute atomic E-state index is 0.0918. The van der Waals surface area contributed by atoms with Gasteiger partial charge in [-0.05, 0) is 47.8 Å². The summed E-state index contributed by atoms with van der Waals surface area (Å²) in [5, 5.41) is 6.83. The molecule has 1 aliphatic heterocycles. The fourth-order valence-electron chi connectivity index (χ4n) is 3.62. The van der Waals surface area contributed by atoms with Gasteiger partial charge in [0.25, 0.3) is 5.56 Å². The molecule has 0 aliphatic carbocycles. The van der Waals surface area contributed by atoms with Crippen LogP contribution in [0.4, 0.5) is 15.8 Å². The quantitative estimate of drug-likeness (QED) is 0.423. The van der Waals surface area contributed by atoms with E-state index in [1.54, 1.807) is 29.6 Å². The van der Waals surface area contributed by atoms with Gasteiger partial charge in [0.15, 0.2) is 11.5 Å². The first-order valence-corrected chi connectivity index (χ1v) is 11.2. The summed E-state index contributed by atoms with van der Waals surface area (Å²) in [5.41, 5.74) is -0.398. The topological polar surface area (TPSA) is 121 Å². The maximum Gasteiger partial charge on any atom is 0.332 e. The Morgan fingerprint density at radius 2 is 1.54 bits per heavy atom. The van der Waals surface area contributed by atoms with Crippen LogP contribution in [0.25, 0.3) is 10.2 Å². The lowest BCUT2D eigenvalue weighted by Gasteiger charge is -2.13. The number of hydrogen-bond acceptors (Lipinski definition) is 7. The van der Waals surface area contributed by atoms with Crippen molar-refractivity contribution in [2.45, 2.75) is 13.1 Å². The van der Waals surface area contributed by atoms with Gasteiger partial charge in [0.1, 0.15) is 23.6 Å². The van der Waals surface area contributed by atoms with Crippen molar-refractivity contribution >= 4 is 44.7 Å². The van der Waals surface area contributed by atoms with Gasteiger partial charge in [-0.1, -0.05) is 0 Å². The van der Waals surface area contributed by atoms with Crippen LogP contribution in [0.1, 0.15) is 0 Å². The Kier molecular flexibility index (Phi) is 5.79. The summed E-state index contributed by atoms with van der Waals surface area (Å²) in [5.74, 6) is -0.585. The second-order valence-electron chi connectivity index (χ2n) is 7.57. The number of carbonyl (C=O) groups excluding carboxylic acids is 2. The van der Waals surface area contributed by atoms with Crippen LogP contribution >= 0.6 is 11.3 Å². The number of aromatic nitrogens is 2. The molecule has 2 aromatic heterocycles. The molecule has 0 atom stereocenters. The highest BCUT2D eigenvalue weighted by molar-refractivity contribution is 7.17. The van der Waals surface area contributed by atoms with Gasteiger partial charge in [-0.25, -0.2) is 13.8 Å². The Morgan fingerprint density at radius 1 is 0.886 bits per heavy atom. The van der Waals surface area contributed by atoms with E-state index in [-0.39, 0.29) is 18.0 Å². The third kappa shape index (κ3) is 4.51. The van der Waals surface area contributed by atoms with E-state index in [2.05, 4.69) is 10.6 Å². The Balaban J connectivity index is 1.40. The molecule has 4 aromatic rings. The van der Waals surface area contributed by atoms with Crippen molar-refractivity contribution in [2.24, 2.45) is 0 Å². The summed E-state index contributed by atoms with van der Waals surface area (Å²) in [6.45, 7) is -0.873. The van der Waals surface area contributed by atoms with Gasteiger partial charge in [-0.2, -0.15) is 0 Å². The number of halogens is 1. The van der Waals surface area contributed by atoms with Crippen molar-refractivity contribution in [2.75, 3.05) is 17.4 Å². The molecular weight excluding hydrogens is 479 g/mol. The van der Waals surface area contributed by atoms with Crippen LogP contribution in [0.15, 0.2) is 63.5 Å². The molecular formula is C23H17FN4O6S. The largest absolute Gasteiger partial charge is 0.454 e. The predicted octanol–water partition coefficient (Wildman–Crippen LogP) is 2.37. The van der Waals surface area contributed by atoms with E-state index in [1.165, 1.54) is 24.3 Å². The molecule has 3 heterocycles. The highest BCUT2D eigenvalue weighted by atomic mass is 32.1. The Bertz CT molecular complexity index is 1570. The first-order valence-electron chi connectivity index (χ1n) is 10.3. The van der Waals surface area contributed by atoms with Crippen molar-refractivity contribution in [3.63, 3.8) is 0 Å². The number of hydrogen-bond donors (Lipinski definition) is 2. The van der Waals surface area contributed by atoms with Crippen LogP contribution in [0.3, 0.4) is 0 Å². The van der Waals surface area contributed by atoms with E-state index in [1.807, 2.05) is 0 Å². The standard InChI is InChI=1S/C23H17FN4O6S/c24-13-1-3-14(4-2-13)25-20(30)11-28-22(31)21-16(7-8-35-21)27(23(28)32)10-19(29)26-15-5-6-17-18(9-15)34-12-33-17/h1-9H,10-12H2,(H,25,30)(H,26,29). The zero-order chi connectivity index (χ0) is 24.5. The van der Waals surface area contributed by atoms with Crippen molar-refractivity contribution < 1.29 is 23.5 Å². The predicted molar refractivity (Wildman–Crippen MR) is 127 cm³/mol. The number of benzene rings is 2. The molecule has 10 nitrogen and oxygen atoms in total. The molecule has 1 aliphatic rings. The summed E-state index contributed by atoms with van der Waals surface area (Å²) < 4.78 is 25.8. The zero-order valence-electron chi connectivity index (χ0n) is 17.9. The highest BCUT2D eigenvalue weighted by Gasteiger charge is 2.19. The Hall–Kier alpha value is -4.45. The molecule has 2 amide bonds. The van der Waals surface area contributed by atoms with Crippen LogP contribution in [-0.2, 0) is 22.7 Å². The molecule has 0 radical (unpaired) electrons. The summed E-state index contributed by atoms with van der Waals surface area (Å²) in [6, 6.07) is 11.5. The number of fused-ring (bicyclic) bond motifs is 2. The first-order chi connectivity index (χ1) is 16.9. The normalized spacial score (nSPS) is 12.0. The molecule has 178 valence electrons. The van der Waals surface area contributed by atoms with Crippen LogP contribution in [0, 0.1) is 5.82 Å². The van der Waals surface area contributed by atoms with Crippen LogP contribution in [0.5, 0.6) is 11.5 Å². The van der Waals surface area contributed by atoms with Crippen molar-refractivity contribution in [3.8, 4) is 11.5 Å². The lowest BCUT2D eigenvalue weighted by atomic mass is 10.2. The molecule has 35 heavy (non-hydrogen) atoms. The lowest BCUT2D eigenvalue weighted by Crippen LogP contribution is -2.43. The number of anilines is 2. The number of thiophene rings is 1. The van der Waals surface area contributed by atoms with Crippen molar-refractivity contribution in [1.82, 2.24) is 9.13 Å². The number of amides is 2. The minimum atomic E-state index is -0.809. The maximum atomic E-state index is 13.2. The number of carbonyl (C=O) groups is 2. The fraction of sp³-hybridized carbons (Fsp3) is 0.130. The molecule has 0 fully saturated rings. The minimum Gasteiger partial charge on any atom is -0.454 e. The maximum absolute atomic E-state index is 13.2. The number of nitrogens with one attached hydrogen (secondary N) is 2. The molecule has 5 rings (SSSR count). The van der Waals surface area contributed by atoms with Gasteiger partial charge in [-0.3, -0.25) is 19.0 Å². The first kappa shape index (κ1) is 22.3. The van der Waals surface area contributed by atoms with Crippen molar-refractivity contribution in [1.29, 1.82) is 0 Å². The Morgan fingerprint density at radius 3 is 2.31 bits per heavy atom. The molecule has 0 saturated carbocycles. The molecule has 0 unspecified atom stereocenters. The average molecular weight is 496 g/mol. The van der Waals surface area contributed by atoms with Crippen LogP contribution < -0.4 is 31.4 Å². The van der Waals surface area contributed by atoms with E-state index in [0.717, 1.165) is 20.5 Å². The number of ether oxygens (including phenoxy) is 2. The molecule has 12 heteroatoms. The van der Waals surface area contributed by atoms with Gasteiger partial charge >= 0.3 is 5.69 Å². The van der Waals surface area contributed by atoms with Gasteiger partial charge in [0.05, 0.1) is 5.52 Å². The smallest absolute Gasteiger partial charge is 0.332 e. The van der Waals surface area contributed by atoms with Gasteiger partial charge in [-0.15, -0.1) is 11.3 Å². The van der Waals surface area contributed by atoms with Crippen molar-refractivity contribution in [3.05, 3.63) is 80.6 Å². The SMILES string of the molecule is O=C(Cn1c(=O)c2sccc2n(CC(=O)Nc2ccc3c(c2)OCO3)c1=O)Nc1ccc(F)cc1. The molecule has 0 spiro atoms. The summed E-state index contributed by atoms with van der Waals surface area (Å²) in [6.07, 6.45) is 0. The monoisotopic (exact) mass is 496 g/mol. The van der Waals surface area contributed by atoms with Gasteiger partial charge < -0.3 is 20.1 Å². The van der Waals surface area contributed by atoms with E-state index in [9.17, 15) is 23.6 Å². The highest BCUT2D eigenvalue weighted by Crippen LogP contribution is 2.34. The molecule has 2 N–H and O–H groups in total. The second-order valence-corrected chi connectivity index (χ2v) is 8.48. The number of rotatable bonds is 6. The van der Waals surface area contributed by atoms with Gasteiger partial charge in [0.2, 0.25) is 18.6 Å². The lowest BCUT2D eigenvalue weighted by molar-refractivity contribution is -0.117. The summed E-state index contributed by atoms with van der Waals surface area (Å²) in [4.78, 5) is 51.3. The fourth-order valence-corrected chi connectivity index (χ4v) is 4.46. The average Bonchev–Trinajstić information content (AvgIpc) is 3.50. The number of nitrogens with zero attached hydrogens (tertiary/aromatic N) is 2. The summed E-state index contributed by atoms with van der Waals surface area (Å²) >= 11 is 1.10. The third-order valence-corrected chi connectivity index (χ3v) is 6.12. The third-order valence-electron chi connectivity index (χ3n) is 5.22. The van der Waals surface area contributed by atoms with Gasteiger partial charge in [0, 0.05) is 17.4 Å². The zero-order valence-corrected chi connectivity index (χ0v) is 18.8. The van der Waals surface area contributed by atoms with Crippen LogP contribution in [-0.4, -0.2) is 27.7 Å². The molecule has 2 aromatic carbocycles. The van der Waals surface area contributed by atoms with E-state index in [4.69, 9.17) is 9.47 Å². The second kappa shape index (κ2) is 9.06. The van der Waals surface area contributed by atoms with E-state index >= 15 is 0 Å². The van der Waals surface area contributed by atoms with E-state index in [0.29, 0.717) is 28.4 Å². The van der Waals surface area contributed by atoms with Crippen LogP contribution in [0.2, 0.25) is 0 Å². The Labute approximate surface area is 200 Å². The summed E-state index contributed by atoms with van der Waals surface area (Å²) in [7, 11) is 0.